The Kier molecular flexibility index (Phi) is 5.22. The van der Waals surface area contributed by atoms with E-state index in [2.05, 4.69) is 15.4 Å². The average molecular weight is 387 g/mol. The van der Waals surface area contributed by atoms with Crippen LogP contribution in [0.3, 0.4) is 0 Å². The third-order valence-electron chi connectivity index (χ3n) is 3.68. The van der Waals surface area contributed by atoms with Gasteiger partial charge in [0.25, 0.3) is 5.88 Å². The zero-order valence-electron chi connectivity index (χ0n) is 14.7. The highest BCUT2D eigenvalue weighted by atomic mass is 32.2. The summed E-state index contributed by atoms with van der Waals surface area (Å²) in [5.74, 6) is -0.107. The summed E-state index contributed by atoms with van der Waals surface area (Å²) in [6.07, 6.45) is 1.17. The Morgan fingerprint density at radius 2 is 1.63 bits per heavy atom. The minimum Gasteiger partial charge on any atom is -0.461 e. The van der Waals surface area contributed by atoms with Crippen LogP contribution in [0.25, 0.3) is 11.1 Å². The van der Waals surface area contributed by atoms with E-state index in [9.17, 15) is 13.2 Å². The Balaban J connectivity index is 1.77. The average Bonchev–Trinajstić information content (AvgIpc) is 3.10. The molecule has 0 saturated carbocycles. The maximum Gasteiger partial charge on any atom is 0.362 e. The molecule has 2 aromatic carbocycles. The maximum absolute atomic E-state index is 11.8. The van der Waals surface area contributed by atoms with Crippen molar-refractivity contribution in [2.24, 2.45) is 0 Å². The first-order chi connectivity index (χ1) is 12.9. The van der Waals surface area contributed by atoms with Crippen molar-refractivity contribution in [3.05, 3.63) is 54.2 Å². The summed E-state index contributed by atoms with van der Waals surface area (Å²) in [6.45, 7) is 1.92. The van der Waals surface area contributed by atoms with E-state index in [0.29, 0.717) is 5.75 Å². The monoisotopic (exact) mass is 387 g/mol. The van der Waals surface area contributed by atoms with Gasteiger partial charge in [0, 0.05) is 6.26 Å². The summed E-state index contributed by atoms with van der Waals surface area (Å²) in [5.41, 5.74) is 1.79. The molecule has 0 aliphatic rings. The molecule has 0 saturated heterocycles. The number of ether oxygens (including phenoxy) is 2. The van der Waals surface area contributed by atoms with Crippen LogP contribution >= 0.6 is 0 Å². The number of aromatic nitrogens is 3. The van der Waals surface area contributed by atoms with E-state index in [1.54, 1.807) is 43.3 Å². The van der Waals surface area contributed by atoms with Gasteiger partial charge in [-0.15, -0.1) is 0 Å². The summed E-state index contributed by atoms with van der Waals surface area (Å²) in [4.78, 5) is 12.1. The molecule has 3 rings (SSSR count). The number of sulfone groups is 1. The molecule has 1 N–H and O–H groups in total. The van der Waals surface area contributed by atoms with Gasteiger partial charge in [-0.2, -0.15) is 0 Å². The number of H-pyrrole nitrogens is 1. The number of hydrogen-bond acceptors (Lipinski definition) is 7. The third kappa shape index (κ3) is 4.32. The Morgan fingerprint density at radius 3 is 2.19 bits per heavy atom. The first kappa shape index (κ1) is 18.6. The van der Waals surface area contributed by atoms with E-state index in [-0.39, 0.29) is 23.1 Å². The maximum atomic E-state index is 11.8. The van der Waals surface area contributed by atoms with Crippen LogP contribution in [0.15, 0.2) is 53.4 Å². The number of aromatic amines is 1. The Bertz CT molecular complexity index is 1040. The van der Waals surface area contributed by atoms with Gasteiger partial charge in [-0.1, -0.05) is 34.6 Å². The fourth-order valence-corrected chi connectivity index (χ4v) is 2.98. The second-order valence-corrected chi connectivity index (χ2v) is 7.65. The number of carbonyl (C=O) groups excluding carboxylic acids is 1. The summed E-state index contributed by atoms with van der Waals surface area (Å²) in [5, 5.41) is 9.76. The van der Waals surface area contributed by atoms with Crippen molar-refractivity contribution in [1.29, 1.82) is 0 Å². The number of nitrogens with one attached hydrogen (secondary N) is 1. The van der Waals surface area contributed by atoms with Gasteiger partial charge in [-0.25, -0.2) is 18.3 Å². The minimum atomic E-state index is -3.23. The molecule has 1 aromatic heterocycles. The summed E-state index contributed by atoms with van der Waals surface area (Å²) in [6, 6.07) is 13.7. The number of nitrogens with zero attached hydrogens (tertiary/aromatic N) is 2. The van der Waals surface area contributed by atoms with Crippen LogP contribution in [0.2, 0.25) is 0 Å². The smallest absolute Gasteiger partial charge is 0.362 e. The van der Waals surface area contributed by atoms with E-state index < -0.39 is 15.8 Å². The predicted octanol–water partition coefficient (Wildman–Crippen LogP) is 2.84. The van der Waals surface area contributed by atoms with Crippen LogP contribution in [0.1, 0.15) is 17.4 Å². The van der Waals surface area contributed by atoms with Crippen LogP contribution in [0.4, 0.5) is 0 Å². The van der Waals surface area contributed by atoms with E-state index in [1.165, 1.54) is 6.26 Å². The lowest BCUT2D eigenvalue weighted by atomic mass is 10.1. The number of esters is 1. The summed E-state index contributed by atoms with van der Waals surface area (Å²) in [7, 11) is -3.23. The summed E-state index contributed by atoms with van der Waals surface area (Å²) >= 11 is 0. The van der Waals surface area contributed by atoms with Gasteiger partial charge in [0.05, 0.1) is 11.5 Å². The molecule has 0 aliphatic heterocycles. The van der Waals surface area contributed by atoms with Crippen molar-refractivity contribution in [2.45, 2.75) is 11.8 Å². The van der Waals surface area contributed by atoms with Crippen LogP contribution in [0, 0.1) is 0 Å². The highest BCUT2D eigenvalue weighted by molar-refractivity contribution is 7.90. The quantitative estimate of drug-likeness (QED) is 0.647. The molecule has 0 bridgehead atoms. The molecule has 0 amide bonds. The molecule has 0 atom stereocenters. The molecule has 0 aliphatic carbocycles. The second kappa shape index (κ2) is 7.58. The van der Waals surface area contributed by atoms with Crippen LogP contribution < -0.4 is 4.74 Å². The van der Waals surface area contributed by atoms with Gasteiger partial charge >= 0.3 is 5.97 Å². The van der Waals surface area contributed by atoms with Crippen LogP contribution in [-0.4, -0.2) is 42.7 Å². The Hall–Kier alpha value is -3.20. The zero-order chi connectivity index (χ0) is 19.4. The lowest BCUT2D eigenvalue weighted by Gasteiger charge is -2.07. The highest BCUT2D eigenvalue weighted by Gasteiger charge is 2.18. The largest absolute Gasteiger partial charge is 0.461 e. The Morgan fingerprint density at radius 1 is 1.04 bits per heavy atom. The van der Waals surface area contributed by atoms with Gasteiger partial charge in [-0.3, -0.25) is 0 Å². The SMILES string of the molecule is CCOC(=O)c1[nH]nnc1Oc1ccc(-c2ccc(S(C)(=O)=O)cc2)cc1. The molecule has 0 spiro atoms. The molecule has 0 radical (unpaired) electrons. The summed E-state index contributed by atoms with van der Waals surface area (Å²) < 4.78 is 33.5. The molecule has 8 nitrogen and oxygen atoms in total. The number of rotatable bonds is 6. The van der Waals surface area contributed by atoms with Gasteiger partial charge in [0.2, 0.25) is 5.69 Å². The predicted molar refractivity (Wildman–Crippen MR) is 97.4 cm³/mol. The van der Waals surface area contributed by atoms with E-state index in [4.69, 9.17) is 9.47 Å². The molecule has 9 heteroatoms. The van der Waals surface area contributed by atoms with Crippen LogP contribution in [0.5, 0.6) is 11.6 Å². The Labute approximate surface area is 156 Å². The number of benzene rings is 2. The van der Waals surface area contributed by atoms with Crippen molar-refractivity contribution in [1.82, 2.24) is 15.4 Å². The molecule has 0 fully saturated rings. The van der Waals surface area contributed by atoms with Crippen molar-refractivity contribution in [2.75, 3.05) is 12.9 Å². The lowest BCUT2D eigenvalue weighted by molar-refractivity contribution is 0.0516. The van der Waals surface area contributed by atoms with Gasteiger partial charge < -0.3 is 9.47 Å². The normalized spacial score (nSPS) is 11.2. The molecule has 27 heavy (non-hydrogen) atoms. The molecular formula is C18H17N3O5S. The van der Waals surface area contributed by atoms with Crippen molar-refractivity contribution < 1.29 is 22.7 Å². The topological polar surface area (TPSA) is 111 Å². The molecule has 140 valence electrons. The molecule has 0 unspecified atom stereocenters. The van der Waals surface area contributed by atoms with Crippen LogP contribution in [-0.2, 0) is 14.6 Å². The zero-order valence-corrected chi connectivity index (χ0v) is 15.5. The number of carbonyl (C=O) groups is 1. The van der Waals surface area contributed by atoms with Gasteiger partial charge in [0.15, 0.2) is 9.84 Å². The van der Waals surface area contributed by atoms with E-state index >= 15 is 0 Å². The first-order valence-electron chi connectivity index (χ1n) is 8.05. The first-order valence-corrected chi connectivity index (χ1v) is 9.94. The van der Waals surface area contributed by atoms with Gasteiger partial charge in [0.1, 0.15) is 5.75 Å². The van der Waals surface area contributed by atoms with Gasteiger partial charge in [-0.05, 0) is 42.3 Å². The second-order valence-electron chi connectivity index (χ2n) is 5.64. The van der Waals surface area contributed by atoms with E-state index in [1.807, 2.05) is 12.1 Å². The van der Waals surface area contributed by atoms with Crippen molar-refractivity contribution in [3.63, 3.8) is 0 Å². The molecule has 3 aromatic rings. The highest BCUT2D eigenvalue weighted by Crippen LogP contribution is 2.27. The molecular weight excluding hydrogens is 370 g/mol. The third-order valence-corrected chi connectivity index (χ3v) is 4.81. The number of hydrogen-bond donors (Lipinski definition) is 1. The van der Waals surface area contributed by atoms with Crippen molar-refractivity contribution in [3.8, 4) is 22.8 Å². The van der Waals surface area contributed by atoms with Crippen molar-refractivity contribution >= 4 is 15.8 Å². The van der Waals surface area contributed by atoms with E-state index in [0.717, 1.165) is 11.1 Å². The lowest BCUT2D eigenvalue weighted by Crippen LogP contribution is -2.06. The molecule has 1 heterocycles. The fraction of sp³-hybridized carbons (Fsp3) is 0.167. The minimum absolute atomic E-state index is 0.0266. The standard InChI is InChI=1S/C18H17N3O5S/c1-3-25-18(22)16-17(20-21-19-16)26-14-8-4-12(5-9-14)13-6-10-15(11-7-13)27(2,23)24/h4-11H,3H2,1-2H3,(H,19,20,21). The fourth-order valence-electron chi connectivity index (χ4n) is 2.35.